The summed E-state index contributed by atoms with van der Waals surface area (Å²) in [6.07, 6.45) is 1.89. The molecule has 28 heavy (non-hydrogen) atoms. The van der Waals surface area contributed by atoms with E-state index in [0.29, 0.717) is 36.2 Å². The van der Waals surface area contributed by atoms with Gasteiger partial charge in [0.2, 0.25) is 5.91 Å². The molecule has 0 aliphatic carbocycles. The Morgan fingerprint density at radius 1 is 1.39 bits per heavy atom. The molecule has 9 nitrogen and oxygen atoms in total. The third-order valence-corrected chi connectivity index (χ3v) is 5.12. The summed E-state index contributed by atoms with van der Waals surface area (Å²) >= 11 is 1.17. The van der Waals surface area contributed by atoms with Gasteiger partial charge < -0.3 is 14.8 Å². The van der Waals surface area contributed by atoms with E-state index in [1.165, 1.54) is 16.3 Å². The number of carbonyl (C=O) groups is 2. The highest BCUT2D eigenvalue weighted by molar-refractivity contribution is 7.99. The monoisotopic (exact) mass is 406 g/mol. The lowest BCUT2D eigenvalue weighted by Crippen LogP contribution is -2.25. The molecule has 10 heteroatoms. The standard InChI is InChI=1S/C18H22N4O5S/c1-2-26-16(24)12-5-7-13(8-6-12)19-15(23)11-28-18-21-20-17(25)22(18)10-14-4-3-9-27-14/h5-8,14H,2-4,9-11H2,1H3,(H,19,23)(H,20,25)/t14-/m0/s1. The number of esters is 1. The zero-order valence-corrected chi connectivity index (χ0v) is 16.3. The Kier molecular flexibility index (Phi) is 6.88. The highest BCUT2D eigenvalue weighted by Gasteiger charge is 2.20. The number of nitrogens with one attached hydrogen (secondary N) is 2. The summed E-state index contributed by atoms with van der Waals surface area (Å²) in [4.78, 5) is 35.8. The van der Waals surface area contributed by atoms with E-state index in [1.54, 1.807) is 31.2 Å². The molecule has 0 saturated carbocycles. The van der Waals surface area contributed by atoms with Gasteiger partial charge in [0.15, 0.2) is 5.16 Å². The van der Waals surface area contributed by atoms with Gasteiger partial charge in [-0.15, -0.1) is 5.10 Å². The van der Waals surface area contributed by atoms with Crippen molar-refractivity contribution in [2.24, 2.45) is 0 Å². The summed E-state index contributed by atoms with van der Waals surface area (Å²) < 4.78 is 12.0. The van der Waals surface area contributed by atoms with Gasteiger partial charge in [-0.25, -0.2) is 14.7 Å². The molecule has 0 bridgehead atoms. The lowest BCUT2D eigenvalue weighted by Gasteiger charge is -2.11. The van der Waals surface area contributed by atoms with E-state index >= 15 is 0 Å². The van der Waals surface area contributed by atoms with Crippen molar-refractivity contribution in [3.05, 3.63) is 40.3 Å². The number of benzene rings is 1. The molecule has 1 atom stereocenters. The minimum atomic E-state index is -0.404. The second-order valence-electron chi connectivity index (χ2n) is 6.19. The minimum Gasteiger partial charge on any atom is -0.462 e. The van der Waals surface area contributed by atoms with E-state index in [1.807, 2.05) is 0 Å². The molecule has 0 radical (unpaired) electrons. The molecule has 150 valence electrons. The fourth-order valence-electron chi connectivity index (χ4n) is 2.80. The van der Waals surface area contributed by atoms with Crippen molar-refractivity contribution in [2.75, 3.05) is 24.3 Å². The molecule has 1 aliphatic rings. The van der Waals surface area contributed by atoms with Crippen LogP contribution in [-0.4, -0.2) is 51.7 Å². The third kappa shape index (κ3) is 5.23. The number of thioether (sulfide) groups is 1. The molecule has 0 unspecified atom stereocenters. The molecule has 0 spiro atoms. The van der Waals surface area contributed by atoms with E-state index in [4.69, 9.17) is 9.47 Å². The van der Waals surface area contributed by atoms with E-state index in [0.717, 1.165) is 12.8 Å². The van der Waals surface area contributed by atoms with E-state index in [-0.39, 0.29) is 23.5 Å². The van der Waals surface area contributed by atoms with Crippen LogP contribution >= 0.6 is 11.8 Å². The van der Waals surface area contributed by atoms with E-state index < -0.39 is 5.97 Å². The first-order valence-electron chi connectivity index (χ1n) is 9.03. The Bertz CT molecular complexity index is 871. The number of nitrogens with zero attached hydrogens (tertiary/aromatic N) is 2. The van der Waals surface area contributed by atoms with Crippen LogP contribution < -0.4 is 11.0 Å². The first-order valence-corrected chi connectivity index (χ1v) is 10.0. The van der Waals surface area contributed by atoms with Crippen LogP contribution in [0.5, 0.6) is 0 Å². The maximum Gasteiger partial charge on any atom is 0.344 e. The largest absolute Gasteiger partial charge is 0.462 e. The lowest BCUT2D eigenvalue weighted by atomic mass is 10.2. The average molecular weight is 406 g/mol. The zero-order valence-electron chi connectivity index (χ0n) is 15.5. The van der Waals surface area contributed by atoms with Crippen molar-refractivity contribution in [3.8, 4) is 0 Å². The van der Waals surface area contributed by atoms with Crippen LogP contribution in [0, 0.1) is 0 Å². The molecular weight excluding hydrogens is 384 g/mol. The normalized spacial score (nSPS) is 16.1. The van der Waals surface area contributed by atoms with E-state index in [2.05, 4.69) is 15.5 Å². The van der Waals surface area contributed by atoms with Crippen LogP contribution in [-0.2, 0) is 20.8 Å². The van der Waals surface area contributed by atoms with Gasteiger partial charge in [-0.2, -0.15) is 0 Å². The van der Waals surface area contributed by atoms with Crippen LogP contribution in [0.15, 0.2) is 34.2 Å². The topological polar surface area (TPSA) is 115 Å². The van der Waals surface area contributed by atoms with Crippen molar-refractivity contribution in [1.29, 1.82) is 0 Å². The summed E-state index contributed by atoms with van der Waals surface area (Å²) in [5, 5.41) is 9.60. The number of H-pyrrole nitrogens is 1. The fourth-order valence-corrected chi connectivity index (χ4v) is 3.55. The van der Waals surface area contributed by atoms with Gasteiger partial charge in [0.25, 0.3) is 0 Å². The smallest absolute Gasteiger partial charge is 0.344 e. The second kappa shape index (κ2) is 9.56. The first-order chi connectivity index (χ1) is 13.6. The molecule has 3 rings (SSSR count). The Labute approximate surface area is 165 Å². The van der Waals surface area contributed by atoms with Crippen molar-refractivity contribution < 1.29 is 19.1 Å². The predicted octanol–water partition coefficient (Wildman–Crippen LogP) is 1.66. The predicted molar refractivity (Wildman–Crippen MR) is 104 cm³/mol. The molecule has 1 saturated heterocycles. The maximum atomic E-state index is 12.2. The molecule has 1 aromatic carbocycles. The van der Waals surface area contributed by atoms with Crippen molar-refractivity contribution in [3.63, 3.8) is 0 Å². The zero-order chi connectivity index (χ0) is 19.9. The number of anilines is 1. The fraction of sp³-hybridized carbons (Fsp3) is 0.444. The number of hydrogen-bond donors (Lipinski definition) is 2. The summed E-state index contributed by atoms with van der Waals surface area (Å²) in [5.41, 5.74) is 0.675. The van der Waals surface area contributed by atoms with Gasteiger partial charge in [0.05, 0.1) is 30.6 Å². The van der Waals surface area contributed by atoms with Crippen LogP contribution in [0.1, 0.15) is 30.1 Å². The Balaban J connectivity index is 1.53. The molecule has 1 aromatic heterocycles. The highest BCUT2D eigenvalue weighted by Crippen LogP contribution is 2.18. The number of aromatic amines is 1. The van der Waals surface area contributed by atoms with Crippen molar-refractivity contribution in [1.82, 2.24) is 14.8 Å². The van der Waals surface area contributed by atoms with Gasteiger partial charge in [-0.3, -0.25) is 9.36 Å². The van der Waals surface area contributed by atoms with Gasteiger partial charge in [-0.05, 0) is 44.0 Å². The second-order valence-corrected chi connectivity index (χ2v) is 7.13. The molecule has 2 N–H and O–H groups in total. The van der Waals surface area contributed by atoms with Crippen LogP contribution in [0.3, 0.4) is 0 Å². The third-order valence-electron chi connectivity index (χ3n) is 4.15. The van der Waals surface area contributed by atoms with Gasteiger partial charge in [0.1, 0.15) is 0 Å². The highest BCUT2D eigenvalue weighted by atomic mass is 32.2. The van der Waals surface area contributed by atoms with Crippen LogP contribution in [0.2, 0.25) is 0 Å². The molecule has 2 heterocycles. The number of amides is 1. The molecule has 1 amide bonds. The van der Waals surface area contributed by atoms with Gasteiger partial charge in [0, 0.05) is 12.3 Å². The number of rotatable bonds is 8. The molecular formula is C18H22N4O5S. The molecule has 1 aliphatic heterocycles. The number of aromatic nitrogens is 3. The quantitative estimate of drug-likeness (QED) is 0.506. The Morgan fingerprint density at radius 2 is 2.18 bits per heavy atom. The summed E-state index contributed by atoms with van der Waals surface area (Å²) in [7, 11) is 0. The van der Waals surface area contributed by atoms with Crippen LogP contribution in [0.4, 0.5) is 5.69 Å². The summed E-state index contributed by atoms with van der Waals surface area (Å²) in [6, 6.07) is 6.45. The summed E-state index contributed by atoms with van der Waals surface area (Å²) in [5.74, 6) is -0.554. The maximum absolute atomic E-state index is 12.2. The SMILES string of the molecule is CCOC(=O)c1ccc(NC(=O)CSc2n[nH]c(=O)n2C[C@@H]2CCCO2)cc1. The average Bonchev–Trinajstić information content (AvgIpc) is 3.32. The Hall–Kier alpha value is -2.59. The van der Waals surface area contributed by atoms with Crippen molar-refractivity contribution >= 4 is 29.3 Å². The molecule has 1 fully saturated rings. The van der Waals surface area contributed by atoms with E-state index in [9.17, 15) is 14.4 Å². The van der Waals surface area contributed by atoms with Crippen LogP contribution in [0.25, 0.3) is 0 Å². The lowest BCUT2D eigenvalue weighted by molar-refractivity contribution is -0.113. The number of carbonyl (C=O) groups excluding carboxylic acids is 2. The molecule has 2 aromatic rings. The first kappa shape index (κ1) is 20.2. The Morgan fingerprint density at radius 3 is 2.86 bits per heavy atom. The van der Waals surface area contributed by atoms with Gasteiger partial charge in [-0.1, -0.05) is 11.8 Å². The summed E-state index contributed by atoms with van der Waals surface area (Å²) in [6.45, 7) is 3.18. The number of ether oxygens (including phenoxy) is 2. The minimum absolute atomic E-state index is 0.00129. The van der Waals surface area contributed by atoms with Gasteiger partial charge >= 0.3 is 11.7 Å². The van der Waals surface area contributed by atoms with Crippen molar-refractivity contribution in [2.45, 2.75) is 37.6 Å². The number of hydrogen-bond acceptors (Lipinski definition) is 7.